The van der Waals surface area contributed by atoms with Gasteiger partial charge in [-0.05, 0) is 43.4 Å². The van der Waals surface area contributed by atoms with Crippen LogP contribution in [0.4, 0.5) is 5.69 Å². The average Bonchev–Trinajstić information content (AvgIpc) is 3.18. The van der Waals surface area contributed by atoms with Crippen LogP contribution in [0.3, 0.4) is 0 Å². The standard InChI is InChI=1S/C14H22N2O2S/c1-11(2)14(8-9-14)10-16-12-6-4-5-7-13(12)19(17,18)15-3/h4-7,11,15-16H,8-10H2,1-3H3. The summed E-state index contributed by atoms with van der Waals surface area (Å²) in [6.07, 6.45) is 2.44. The summed E-state index contributed by atoms with van der Waals surface area (Å²) in [5.41, 5.74) is 1.03. The zero-order valence-corrected chi connectivity index (χ0v) is 12.5. The van der Waals surface area contributed by atoms with Crippen molar-refractivity contribution in [1.29, 1.82) is 0 Å². The maximum absolute atomic E-state index is 11.9. The first-order valence-corrected chi connectivity index (χ1v) is 8.16. The highest BCUT2D eigenvalue weighted by molar-refractivity contribution is 7.89. The van der Waals surface area contributed by atoms with Crippen LogP contribution in [0.2, 0.25) is 0 Å². The summed E-state index contributed by atoms with van der Waals surface area (Å²) in [6, 6.07) is 7.04. The van der Waals surface area contributed by atoms with Gasteiger partial charge in [-0.15, -0.1) is 0 Å². The van der Waals surface area contributed by atoms with E-state index in [1.165, 1.54) is 19.9 Å². The molecule has 4 nitrogen and oxygen atoms in total. The molecule has 106 valence electrons. The number of sulfonamides is 1. The molecule has 0 heterocycles. The van der Waals surface area contributed by atoms with Crippen molar-refractivity contribution in [3.63, 3.8) is 0 Å². The second kappa shape index (κ2) is 5.13. The van der Waals surface area contributed by atoms with Crippen LogP contribution >= 0.6 is 0 Å². The lowest BCUT2D eigenvalue weighted by Crippen LogP contribution is -2.24. The largest absolute Gasteiger partial charge is 0.383 e. The predicted molar refractivity (Wildman–Crippen MR) is 77.7 cm³/mol. The minimum Gasteiger partial charge on any atom is -0.383 e. The molecule has 0 amide bonds. The lowest BCUT2D eigenvalue weighted by atomic mass is 9.92. The third-order valence-electron chi connectivity index (χ3n) is 4.19. The van der Waals surface area contributed by atoms with Crippen molar-refractivity contribution in [2.24, 2.45) is 11.3 Å². The quantitative estimate of drug-likeness (QED) is 0.842. The number of anilines is 1. The van der Waals surface area contributed by atoms with Gasteiger partial charge in [0.15, 0.2) is 0 Å². The van der Waals surface area contributed by atoms with E-state index in [9.17, 15) is 8.42 Å². The fourth-order valence-corrected chi connectivity index (χ4v) is 3.25. The molecule has 1 aliphatic rings. The van der Waals surface area contributed by atoms with Gasteiger partial charge in [0.05, 0.1) is 5.69 Å². The minimum atomic E-state index is -3.41. The molecule has 0 spiro atoms. The van der Waals surface area contributed by atoms with Crippen LogP contribution in [-0.4, -0.2) is 22.0 Å². The third kappa shape index (κ3) is 2.92. The van der Waals surface area contributed by atoms with E-state index in [1.807, 2.05) is 12.1 Å². The molecule has 1 aliphatic carbocycles. The molecule has 0 bridgehead atoms. The maximum atomic E-state index is 11.9. The SMILES string of the molecule is CNS(=O)(=O)c1ccccc1NCC1(C(C)C)CC1. The number of para-hydroxylation sites is 1. The highest BCUT2D eigenvalue weighted by Crippen LogP contribution is 2.51. The Balaban J connectivity index is 2.18. The van der Waals surface area contributed by atoms with E-state index in [0.717, 1.165) is 6.54 Å². The fraction of sp³-hybridized carbons (Fsp3) is 0.571. The van der Waals surface area contributed by atoms with Crippen molar-refractivity contribution >= 4 is 15.7 Å². The Labute approximate surface area is 115 Å². The molecular formula is C14H22N2O2S. The van der Waals surface area contributed by atoms with E-state index < -0.39 is 10.0 Å². The van der Waals surface area contributed by atoms with Crippen LogP contribution in [0.15, 0.2) is 29.2 Å². The number of rotatable bonds is 6. The Hall–Kier alpha value is -1.07. The molecule has 2 N–H and O–H groups in total. The summed E-state index contributed by atoms with van der Waals surface area (Å²) in [4.78, 5) is 0.317. The van der Waals surface area contributed by atoms with E-state index in [0.29, 0.717) is 21.9 Å². The monoisotopic (exact) mass is 282 g/mol. The van der Waals surface area contributed by atoms with Gasteiger partial charge in [0.2, 0.25) is 10.0 Å². The Bertz CT molecular complexity index is 548. The molecule has 0 radical (unpaired) electrons. The summed E-state index contributed by atoms with van der Waals surface area (Å²) < 4.78 is 26.3. The van der Waals surface area contributed by atoms with Gasteiger partial charge in [0.1, 0.15) is 4.90 Å². The normalized spacial score (nSPS) is 17.5. The lowest BCUT2D eigenvalue weighted by molar-refractivity contribution is 0.380. The highest BCUT2D eigenvalue weighted by Gasteiger charge is 2.45. The number of nitrogens with one attached hydrogen (secondary N) is 2. The van der Waals surface area contributed by atoms with Crippen molar-refractivity contribution in [3.8, 4) is 0 Å². The van der Waals surface area contributed by atoms with Crippen molar-refractivity contribution in [3.05, 3.63) is 24.3 Å². The number of hydrogen-bond acceptors (Lipinski definition) is 3. The van der Waals surface area contributed by atoms with Crippen molar-refractivity contribution in [2.75, 3.05) is 18.9 Å². The molecule has 0 unspecified atom stereocenters. The van der Waals surface area contributed by atoms with Crippen molar-refractivity contribution < 1.29 is 8.42 Å². The summed E-state index contributed by atoms with van der Waals surface area (Å²) in [6.45, 7) is 5.29. The molecule has 5 heteroatoms. The van der Waals surface area contributed by atoms with Crippen LogP contribution < -0.4 is 10.0 Å². The fourth-order valence-electron chi connectivity index (χ4n) is 2.35. The molecule has 1 aromatic carbocycles. The first-order valence-electron chi connectivity index (χ1n) is 6.68. The highest BCUT2D eigenvalue weighted by atomic mass is 32.2. The second-order valence-electron chi connectivity index (χ2n) is 5.57. The van der Waals surface area contributed by atoms with E-state index in [2.05, 4.69) is 23.9 Å². The van der Waals surface area contributed by atoms with Crippen LogP contribution in [0.25, 0.3) is 0 Å². The molecule has 0 aromatic heterocycles. The Kier molecular flexibility index (Phi) is 3.87. The zero-order chi connectivity index (χ0) is 14.1. The van der Waals surface area contributed by atoms with Crippen LogP contribution in [-0.2, 0) is 10.0 Å². The predicted octanol–water partition coefficient (Wildman–Crippen LogP) is 2.44. The second-order valence-corrected chi connectivity index (χ2v) is 7.43. The molecular weight excluding hydrogens is 260 g/mol. The van der Waals surface area contributed by atoms with E-state index in [-0.39, 0.29) is 0 Å². The van der Waals surface area contributed by atoms with Gasteiger partial charge in [-0.1, -0.05) is 26.0 Å². The van der Waals surface area contributed by atoms with E-state index in [4.69, 9.17) is 0 Å². The molecule has 1 fully saturated rings. The van der Waals surface area contributed by atoms with Gasteiger partial charge in [0.25, 0.3) is 0 Å². The van der Waals surface area contributed by atoms with Crippen LogP contribution in [0.5, 0.6) is 0 Å². The molecule has 0 aliphatic heterocycles. The molecule has 1 aromatic rings. The topological polar surface area (TPSA) is 58.2 Å². The lowest BCUT2D eigenvalue weighted by Gasteiger charge is -2.21. The summed E-state index contributed by atoms with van der Waals surface area (Å²) in [7, 11) is -1.98. The molecule has 1 saturated carbocycles. The number of benzene rings is 1. The maximum Gasteiger partial charge on any atom is 0.242 e. The Morgan fingerprint density at radius 2 is 1.89 bits per heavy atom. The van der Waals surface area contributed by atoms with Gasteiger partial charge in [-0.2, -0.15) is 0 Å². The third-order valence-corrected chi connectivity index (χ3v) is 5.67. The van der Waals surface area contributed by atoms with Gasteiger partial charge >= 0.3 is 0 Å². The van der Waals surface area contributed by atoms with Crippen LogP contribution in [0.1, 0.15) is 26.7 Å². The number of hydrogen-bond donors (Lipinski definition) is 2. The Morgan fingerprint density at radius 3 is 2.42 bits per heavy atom. The van der Waals surface area contributed by atoms with Crippen LogP contribution in [0, 0.1) is 11.3 Å². The first kappa shape index (κ1) is 14.3. The molecule has 2 rings (SSSR count). The summed E-state index contributed by atoms with van der Waals surface area (Å²) >= 11 is 0. The van der Waals surface area contributed by atoms with Gasteiger partial charge in [-0.3, -0.25) is 0 Å². The molecule has 0 saturated heterocycles. The van der Waals surface area contributed by atoms with Crippen molar-refractivity contribution in [2.45, 2.75) is 31.6 Å². The summed E-state index contributed by atoms with van der Waals surface area (Å²) in [5.74, 6) is 0.619. The average molecular weight is 282 g/mol. The van der Waals surface area contributed by atoms with Gasteiger partial charge in [0, 0.05) is 6.54 Å². The molecule has 0 atom stereocenters. The minimum absolute atomic E-state index is 0.317. The van der Waals surface area contributed by atoms with Crippen molar-refractivity contribution in [1.82, 2.24) is 4.72 Å². The summed E-state index contributed by atoms with van der Waals surface area (Å²) in [5, 5.41) is 3.32. The smallest absolute Gasteiger partial charge is 0.242 e. The zero-order valence-electron chi connectivity index (χ0n) is 11.7. The van der Waals surface area contributed by atoms with E-state index >= 15 is 0 Å². The molecule has 19 heavy (non-hydrogen) atoms. The van der Waals surface area contributed by atoms with Gasteiger partial charge in [-0.25, -0.2) is 13.1 Å². The first-order chi connectivity index (χ1) is 8.91. The van der Waals surface area contributed by atoms with Gasteiger partial charge < -0.3 is 5.32 Å². The van der Waals surface area contributed by atoms with E-state index in [1.54, 1.807) is 12.1 Å². The Morgan fingerprint density at radius 1 is 1.26 bits per heavy atom.